The first kappa shape index (κ1) is 26.3. The van der Waals surface area contributed by atoms with Crippen molar-refractivity contribution in [1.29, 1.82) is 0 Å². The molecule has 38 heavy (non-hydrogen) atoms. The number of rotatable bonds is 9. The molecule has 0 saturated heterocycles. The van der Waals surface area contributed by atoms with Gasteiger partial charge in [-0.15, -0.1) is 0 Å². The third-order valence-electron chi connectivity index (χ3n) is 5.96. The summed E-state index contributed by atoms with van der Waals surface area (Å²) in [5, 5.41) is 10.4. The number of nitrogens with one attached hydrogen (secondary N) is 3. The van der Waals surface area contributed by atoms with Crippen molar-refractivity contribution >= 4 is 35.0 Å². The number of carbonyl (C=O) groups is 3. The van der Waals surface area contributed by atoms with Gasteiger partial charge < -0.3 is 29.4 Å². The fourth-order valence-electron chi connectivity index (χ4n) is 4.23. The second-order valence-electron chi connectivity index (χ2n) is 8.50. The number of methoxy groups -OCH3 is 1. The van der Waals surface area contributed by atoms with E-state index in [2.05, 4.69) is 21.2 Å². The zero-order chi connectivity index (χ0) is 27.2. The summed E-state index contributed by atoms with van der Waals surface area (Å²) in [4.78, 5) is 37.0. The normalized spacial score (nSPS) is 15.3. The summed E-state index contributed by atoms with van der Waals surface area (Å²) < 4.78 is 18.2. The molecule has 3 amide bonds. The highest BCUT2D eigenvalue weighted by molar-refractivity contribution is 5.99. The molecule has 0 unspecified atom stereocenters. The quantitative estimate of drug-likeness (QED) is 0.226. The number of benzene rings is 2. The number of aromatic nitrogens is 1. The van der Waals surface area contributed by atoms with Gasteiger partial charge in [-0.1, -0.05) is 24.3 Å². The highest BCUT2D eigenvalue weighted by Crippen LogP contribution is 2.34. The van der Waals surface area contributed by atoms with Gasteiger partial charge in [0.2, 0.25) is 0 Å². The molecule has 4 rings (SSSR count). The van der Waals surface area contributed by atoms with E-state index in [1.165, 1.54) is 7.11 Å². The number of ether oxygens (including phenoxy) is 3. The highest BCUT2D eigenvalue weighted by atomic mass is 16.5. The third kappa shape index (κ3) is 5.61. The van der Waals surface area contributed by atoms with Gasteiger partial charge in [-0.2, -0.15) is 5.10 Å². The summed E-state index contributed by atoms with van der Waals surface area (Å²) in [5.41, 5.74) is 5.65. The molecular formula is C27H29N5O6. The molecule has 3 N–H and O–H groups in total. The van der Waals surface area contributed by atoms with E-state index in [4.69, 9.17) is 14.2 Å². The summed E-state index contributed by atoms with van der Waals surface area (Å²) in [7, 11) is 3.40. The van der Waals surface area contributed by atoms with Crippen LogP contribution in [0.3, 0.4) is 0 Å². The van der Waals surface area contributed by atoms with Crippen LogP contribution in [0.4, 0.5) is 4.79 Å². The third-order valence-corrected chi connectivity index (χ3v) is 5.96. The van der Waals surface area contributed by atoms with E-state index in [-0.39, 0.29) is 18.8 Å². The van der Waals surface area contributed by atoms with Gasteiger partial charge in [0.15, 0.2) is 18.1 Å². The van der Waals surface area contributed by atoms with Crippen LogP contribution in [0.15, 0.2) is 65.0 Å². The molecule has 0 spiro atoms. The number of nitrogens with zero attached hydrogens (tertiary/aromatic N) is 2. The fourth-order valence-corrected chi connectivity index (χ4v) is 4.23. The van der Waals surface area contributed by atoms with Crippen molar-refractivity contribution in [3.8, 4) is 11.5 Å². The van der Waals surface area contributed by atoms with Gasteiger partial charge in [0, 0.05) is 35.4 Å². The van der Waals surface area contributed by atoms with E-state index < -0.39 is 23.9 Å². The lowest BCUT2D eigenvalue weighted by Crippen LogP contribution is -2.45. The van der Waals surface area contributed by atoms with Gasteiger partial charge in [0.25, 0.3) is 5.91 Å². The molecule has 1 aliphatic heterocycles. The summed E-state index contributed by atoms with van der Waals surface area (Å²) in [6, 6.07) is 11.6. The van der Waals surface area contributed by atoms with E-state index in [1.807, 2.05) is 42.1 Å². The first-order valence-electron chi connectivity index (χ1n) is 11.9. The van der Waals surface area contributed by atoms with Gasteiger partial charge >= 0.3 is 12.0 Å². The topological polar surface area (TPSA) is 132 Å². The maximum Gasteiger partial charge on any atom is 0.338 e. The Bertz CT molecular complexity index is 1440. The molecule has 1 aliphatic rings. The lowest BCUT2D eigenvalue weighted by atomic mass is 9.95. The first-order chi connectivity index (χ1) is 18.3. The maximum atomic E-state index is 12.6. The van der Waals surface area contributed by atoms with E-state index in [0.717, 1.165) is 16.5 Å². The SMILES string of the molecule is CCOC(=O)C1=C(C)NC(=O)N[C@H]1c1ccc(OCC(=O)N/N=C\c2cn(C)c3ccccc23)c(OC)c1. The summed E-state index contributed by atoms with van der Waals surface area (Å²) >= 11 is 0. The molecule has 0 bridgehead atoms. The van der Waals surface area contributed by atoms with Crippen LogP contribution in [-0.4, -0.2) is 49.0 Å². The Morgan fingerprint density at radius 3 is 2.74 bits per heavy atom. The smallest absolute Gasteiger partial charge is 0.338 e. The molecule has 2 heterocycles. The van der Waals surface area contributed by atoms with Crippen molar-refractivity contribution in [2.24, 2.45) is 12.1 Å². The fraction of sp³-hybridized carbons (Fsp3) is 0.259. The molecule has 0 aliphatic carbocycles. The van der Waals surface area contributed by atoms with Crippen LogP contribution >= 0.6 is 0 Å². The summed E-state index contributed by atoms with van der Waals surface area (Å²) in [6.45, 7) is 3.23. The van der Waals surface area contributed by atoms with Crippen LogP contribution < -0.4 is 25.5 Å². The number of hydrogen-bond donors (Lipinski definition) is 3. The van der Waals surface area contributed by atoms with E-state index in [1.54, 1.807) is 38.3 Å². The lowest BCUT2D eigenvalue weighted by Gasteiger charge is -2.28. The molecule has 1 aromatic heterocycles. The van der Waals surface area contributed by atoms with Crippen LogP contribution in [0.2, 0.25) is 0 Å². The summed E-state index contributed by atoms with van der Waals surface area (Å²) in [5.74, 6) is -0.366. The van der Waals surface area contributed by atoms with Gasteiger partial charge in [0.05, 0.1) is 31.5 Å². The van der Waals surface area contributed by atoms with Crippen LogP contribution in [0.1, 0.15) is 31.0 Å². The van der Waals surface area contributed by atoms with E-state index in [9.17, 15) is 14.4 Å². The van der Waals surface area contributed by atoms with Crippen molar-refractivity contribution in [2.45, 2.75) is 19.9 Å². The van der Waals surface area contributed by atoms with Crippen molar-refractivity contribution in [3.63, 3.8) is 0 Å². The number of esters is 1. The Morgan fingerprint density at radius 1 is 1.18 bits per heavy atom. The van der Waals surface area contributed by atoms with Crippen molar-refractivity contribution in [1.82, 2.24) is 20.6 Å². The van der Waals surface area contributed by atoms with Gasteiger partial charge in [-0.3, -0.25) is 4.79 Å². The van der Waals surface area contributed by atoms with Gasteiger partial charge in [0.1, 0.15) is 0 Å². The average molecular weight is 520 g/mol. The number of allylic oxidation sites excluding steroid dienone is 1. The van der Waals surface area contributed by atoms with Gasteiger partial charge in [-0.25, -0.2) is 15.0 Å². The Kier molecular flexibility index (Phi) is 7.95. The number of fused-ring (bicyclic) bond motifs is 1. The molecule has 0 saturated carbocycles. The predicted molar refractivity (Wildman–Crippen MR) is 141 cm³/mol. The predicted octanol–water partition coefficient (Wildman–Crippen LogP) is 2.91. The van der Waals surface area contributed by atoms with Crippen molar-refractivity contribution in [3.05, 3.63) is 71.1 Å². The standard InChI is InChI=1S/C27H29N5O6/c1-5-37-26(34)24-16(2)29-27(35)30-25(24)17-10-11-21(22(12-17)36-4)38-15-23(33)31-28-13-18-14-32(3)20-9-7-6-8-19(18)20/h6-14,25H,5,15H2,1-4H3,(H,31,33)(H2,29,30,35)/b28-13-/t25-/m0/s1. The average Bonchev–Trinajstić information content (AvgIpc) is 3.22. The first-order valence-corrected chi connectivity index (χ1v) is 11.9. The minimum atomic E-state index is -0.752. The molecule has 1 atom stereocenters. The van der Waals surface area contributed by atoms with Crippen molar-refractivity contribution < 1.29 is 28.6 Å². The summed E-state index contributed by atoms with van der Waals surface area (Å²) in [6.07, 6.45) is 3.51. The molecule has 11 nitrogen and oxygen atoms in total. The minimum Gasteiger partial charge on any atom is -0.493 e. The minimum absolute atomic E-state index is 0.195. The van der Waals surface area contributed by atoms with E-state index in [0.29, 0.717) is 22.8 Å². The van der Waals surface area contributed by atoms with Crippen LogP contribution in [-0.2, 0) is 21.4 Å². The Morgan fingerprint density at radius 2 is 1.97 bits per heavy atom. The number of aryl methyl sites for hydroxylation is 1. The molecule has 2 aromatic carbocycles. The largest absolute Gasteiger partial charge is 0.493 e. The second-order valence-corrected chi connectivity index (χ2v) is 8.50. The molecule has 11 heteroatoms. The molecule has 198 valence electrons. The number of hydrogen-bond acceptors (Lipinski definition) is 7. The lowest BCUT2D eigenvalue weighted by molar-refractivity contribution is -0.139. The maximum absolute atomic E-state index is 12.6. The van der Waals surface area contributed by atoms with Crippen LogP contribution in [0.25, 0.3) is 10.9 Å². The van der Waals surface area contributed by atoms with E-state index >= 15 is 0 Å². The molecule has 0 fully saturated rings. The zero-order valence-corrected chi connectivity index (χ0v) is 21.5. The van der Waals surface area contributed by atoms with Crippen LogP contribution in [0.5, 0.6) is 11.5 Å². The van der Waals surface area contributed by atoms with Gasteiger partial charge in [-0.05, 0) is 37.6 Å². The van der Waals surface area contributed by atoms with Crippen molar-refractivity contribution in [2.75, 3.05) is 20.3 Å². The Hall–Kier alpha value is -4.80. The second kappa shape index (κ2) is 11.5. The molecule has 0 radical (unpaired) electrons. The van der Waals surface area contributed by atoms with Crippen LogP contribution in [0, 0.1) is 0 Å². The molecule has 3 aromatic rings. The molecular weight excluding hydrogens is 490 g/mol. The Balaban J connectivity index is 1.43. The number of amides is 3. The monoisotopic (exact) mass is 519 g/mol. The number of para-hydroxylation sites is 1. The number of urea groups is 1. The zero-order valence-electron chi connectivity index (χ0n) is 21.5. The number of carbonyl (C=O) groups excluding carboxylic acids is 3. The number of hydrazone groups is 1. The highest BCUT2D eigenvalue weighted by Gasteiger charge is 2.32. The Labute approximate surface area is 219 Å².